The standard InChI is InChI=1S/C14H22N2O3/c1-15-14(18)9-16(2)8-13(17)11-19-10-12-6-4-3-5-7-12/h3-7,13,17H,8-11H2,1-2H3,(H,15,18). The van der Waals surface area contributed by atoms with Gasteiger partial charge in [0.05, 0.1) is 25.9 Å². The average Bonchev–Trinajstić information content (AvgIpc) is 2.39. The van der Waals surface area contributed by atoms with Gasteiger partial charge >= 0.3 is 0 Å². The lowest BCUT2D eigenvalue weighted by molar-refractivity contribution is -0.121. The van der Waals surface area contributed by atoms with Crippen molar-refractivity contribution < 1.29 is 14.6 Å². The van der Waals surface area contributed by atoms with Crippen molar-refractivity contribution in [2.75, 3.05) is 33.8 Å². The summed E-state index contributed by atoms with van der Waals surface area (Å²) in [5, 5.41) is 12.3. The van der Waals surface area contributed by atoms with Crippen LogP contribution >= 0.6 is 0 Å². The molecule has 0 aromatic heterocycles. The minimum atomic E-state index is -0.599. The van der Waals surface area contributed by atoms with E-state index >= 15 is 0 Å². The molecule has 2 N–H and O–H groups in total. The van der Waals surface area contributed by atoms with Gasteiger partial charge in [-0.05, 0) is 12.6 Å². The first-order valence-corrected chi connectivity index (χ1v) is 6.30. The fourth-order valence-corrected chi connectivity index (χ4v) is 1.69. The number of carbonyl (C=O) groups excluding carboxylic acids is 1. The summed E-state index contributed by atoms with van der Waals surface area (Å²) in [7, 11) is 3.38. The van der Waals surface area contributed by atoms with Crippen LogP contribution in [0.25, 0.3) is 0 Å². The number of aliphatic hydroxyl groups is 1. The first kappa shape index (κ1) is 15.6. The molecule has 106 valence electrons. The van der Waals surface area contributed by atoms with Gasteiger partial charge in [-0.3, -0.25) is 9.69 Å². The second kappa shape index (κ2) is 8.63. The molecule has 0 saturated heterocycles. The number of nitrogens with zero attached hydrogens (tertiary/aromatic N) is 1. The smallest absolute Gasteiger partial charge is 0.233 e. The Morgan fingerprint density at radius 2 is 2.11 bits per heavy atom. The largest absolute Gasteiger partial charge is 0.389 e. The quantitative estimate of drug-likeness (QED) is 0.707. The van der Waals surface area contributed by atoms with Gasteiger partial charge in [-0.1, -0.05) is 30.3 Å². The normalized spacial score (nSPS) is 12.4. The fourth-order valence-electron chi connectivity index (χ4n) is 1.69. The lowest BCUT2D eigenvalue weighted by Gasteiger charge is -2.19. The number of carbonyl (C=O) groups is 1. The van der Waals surface area contributed by atoms with Gasteiger partial charge in [0.1, 0.15) is 0 Å². The van der Waals surface area contributed by atoms with E-state index in [4.69, 9.17) is 4.74 Å². The third-order valence-corrected chi connectivity index (χ3v) is 2.64. The van der Waals surface area contributed by atoms with E-state index in [-0.39, 0.29) is 19.1 Å². The highest BCUT2D eigenvalue weighted by atomic mass is 16.5. The molecular weight excluding hydrogens is 244 g/mol. The highest BCUT2D eigenvalue weighted by Crippen LogP contribution is 2.01. The predicted molar refractivity (Wildman–Crippen MR) is 73.7 cm³/mol. The summed E-state index contributed by atoms with van der Waals surface area (Å²) in [5.41, 5.74) is 1.08. The Bertz CT molecular complexity index is 370. The summed E-state index contributed by atoms with van der Waals surface area (Å²) in [6.45, 7) is 1.42. The van der Waals surface area contributed by atoms with Crippen molar-refractivity contribution in [2.45, 2.75) is 12.7 Å². The summed E-state index contributed by atoms with van der Waals surface area (Å²) in [5.74, 6) is -0.0695. The molecule has 5 heteroatoms. The molecule has 0 aliphatic rings. The minimum Gasteiger partial charge on any atom is -0.389 e. The molecule has 0 aliphatic carbocycles. The summed E-state index contributed by atoms with van der Waals surface area (Å²) >= 11 is 0. The van der Waals surface area contributed by atoms with E-state index in [1.54, 1.807) is 19.0 Å². The van der Waals surface area contributed by atoms with Gasteiger partial charge < -0.3 is 15.2 Å². The number of likely N-dealkylation sites (N-methyl/N-ethyl adjacent to an activating group) is 2. The summed E-state index contributed by atoms with van der Waals surface area (Å²) in [4.78, 5) is 12.9. The maximum atomic E-state index is 11.1. The van der Waals surface area contributed by atoms with Crippen molar-refractivity contribution in [3.8, 4) is 0 Å². The lowest BCUT2D eigenvalue weighted by atomic mass is 10.2. The van der Waals surface area contributed by atoms with Crippen LogP contribution in [-0.2, 0) is 16.1 Å². The molecule has 5 nitrogen and oxygen atoms in total. The van der Waals surface area contributed by atoms with E-state index in [9.17, 15) is 9.90 Å². The third-order valence-electron chi connectivity index (χ3n) is 2.64. The van der Waals surface area contributed by atoms with Crippen LogP contribution in [0, 0.1) is 0 Å². The number of benzene rings is 1. The zero-order chi connectivity index (χ0) is 14.1. The Labute approximate surface area is 114 Å². The molecule has 1 atom stereocenters. The van der Waals surface area contributed by atoms with Gasteiger partial charge in [0.25, 0.3) is 0 Å². The molecule has 0 saturated carbocycles. The molecule has 1 aromatic rings. The van der Waals surface area contributed by atoms with Crippen LogP contribution in [0.4, 0.5) is 0 Å². The molecule has 0 aliphatic heterocycles. The zero-order valence-electron chi connectivity index (χ0n) is 11.5. The van der Waals surface area contributed by atoms with Gasteiger partial charge in [0, 0.05) is 13.6 Å². The summed E-state index contributed by atoms with van der Waals surface area (Å²) in [6.07, 6.45) is -0.599. The van der Waals surface area contributed by atoms with Gasteiger partial charge in [0.15, 0.2) is 0 Å². The number of amides is 1. The average molecular weight is 266 g/mol. The molecular formula is C14H22N2O3. The zero-order valence-corrected chi connectivity index (χ0v) is 11.5. The van der Waals surface area contributed by atoms with Crippen LogP contribution in [0.3, 0.4) is 0 Å². The molecule has 19 heavy (non-hydrogen) atoms. The fraction of sp³-hybridized carbons (Fsp3) is 0.500. The van der Waals surface area contributed by atoms with Crippen molar-refractivity contribution in [1.29, 1.82) is 0 Å². The van der Waals surface area contributed by atoms with Gasteiger partial charge in [0.2, 0.25) is 5.91 Å². The number of nitrogens with one attached hydrogen (secondary N) is 1. The maximum Gasteiger partial charge on any atom is 0.233 e. The van der Waals surface area contributed by atoms with Crippen LogP contribution in [0.2, 0.25) is 0 Å². The van der Waals surface area contributed by atoms with Crippen molar-refractivity contribution >= 4 is 5.91 Å². The van der Waals surface area contributed by atoms with Crippen molar-refractivity contribution in [2.24, 2.45) is 0 Å². The van der Waals surface area contributed by atoms with Gasteiger partial charge in [-0.25, -0.2) is 0 Å². The van der Waals surface area contributed by atoms with Crippen LogP contribution in [0.1, 0.15) is 5.56 Å². The number of hydrogen-bond acceptors (Lipinski definition) is 4. The summed E-state index contributed by atoms with van der Waals surface area (Å²) in [6, 6.07) is 9.80. The van der Waals surface area contributed by atoms with Gasteiger partial charge in [-0.2, -0.15) is 0 Å². The van der Waals surface area contributed by atoms with E-state index < -0.39 is 6.10 Å². The molecule has 1 rings (SSSR count). The maximum absolute atomic E-state index is 11.1. The monoisotopic (exact) mass is 266 g/mol. The highest BCUT2D eigenvalue weighted by molar-refractivity contribution is 5.77. The number of hydrogen-bond donors (Lipinski definition) is 2. The van der Waals surface area contributed by atoms with E-state index in [1.807, 2.05) is 30.3 Å². The first-order valence-electron chi connectivity index (χ1n) is 6.30. The third kappa shape index (κ3) is 6.91. The van der Waals surface area contributed by atoms with Crippen LogP contribution < -0.4 is 5.32 Å². The van der Waals surface area contributed by atoms with E-state index in [2.05, 4.69) is 5.32 Å². The second-order valence-electron chi connectivity index (χ2n) is 4.52. The Balaban J connectivity index is 2.17. The highest BCUT2D eigenvalue weighted by Gasteiger charge is 2.10. The van der Waals surface area contributed by atoms with E-state index in [1.165, 1.54) is 0 Å². The van der Waals surface area contributed by atoms with Crippen LogP contribution in [0.5, 0.6) is 0 Å². The molecule has 1 unspecified atom stereocenters. The molecule has 0 spiro atoms. The molecule has 1 amide bonds. The summed E-state index contributed by atoms with van der Waals surface area (Å²) < 4.78 is 5.44. The van der Waals surface area contributed by atoms with Gasteiger partial charge in [-0.15, -0.1) is 0 Å². The van der Waals surface area contributed by atoms with Crippen molar-refractivity contribution in [1.82, 2.24) is 10.2 Å². The number of rotatable bonds is 8. The molecule has 0 radical (unpaired) electrons. The van der Waals surface area contributed by atoms with E-state index in [0.717, 1.165) is 5.56 Å². The van der Waals surface area contributed by atoms with Crippen molar-refractivity contribution in [3.05, 3.63) is 35.9 Å². The Hall–Kier alpha value is -1.43. The molecule has 0 fully saturated rings. The first-order chi connectivity index (χ1) is 9.11. The van der Waals surface area contributed by atoms with Crippen LogP contribution in [0.15, 0.2) is 30.3 Å². The number of aliphatic hydroxyl groups excluding tert-OH is 1. The molecule has 0 heterocycles. The Kier molecular flexibility index (Phi) is 7.10. The SMILES string of the molecule is CNC(=O)CN(C)CC(O)COCc1ccccc1. The predicted octanol–water partition coefficient (Wildman–Crippen LogP) is 0.242. The lowest BCUT2D eigenvalue weighted by Crippen LogP contribution is -2.38. The Morgan fingerprint density at radius 1 is 1.42 bits per heavy atom. The van der Waals surface area contributed by atoms with E-state index in [0.29, 0.717) is 13.2 Å². The topological polar surface area (TPSA) is 61.8 Å². The molecule has 1 aromatic carbocycles. The van der Waals surface area contributed by atoms with Crippen LogP contribution in [-0.4, -0.2) is 55.8 Å². The second-order valence-corrected chi connectivity index (χ2v) is 4.52. The Morgan fingerprint density at radius 3 is 2.74 bits per heavy atom. The molecule has 0 bridgehead atoms. The van der Waals surface area contributed by atoms with Crippen molar-refractivity contribution in [3.63, 3.8) is 0 Å². The number of ether oxygens (including phenoxy) is 1. The minimum absolute atomic E-state index is 0.0695.